The minimum atomic E-state index is 0.0681. The van der Waals surface area contributed by atoms with E-state index in [0.717, 1.165) is 18.1 Å². The maximum Gasteiger partial charge on any atom is 0.170 e. The quantitative estimate of drug-likeness (QED) is 0.758. The first kappa shape index (κ1) is 12.4. The number of aryl methyl sites for hydroxylation is 1. The number of carbonyl (C=O) groups excluding carboxylic acids is 1. The molecule has 94 valence electrons. The van der Waals surface area contributed by atoms with Crippen molar-refractivity contribution in [2.45, 2.75) is 19.9 Å². The summed E-state index contributed by atoms with van der Waals surface area (Å²) in [6.45, 7) is 2.86. The van der Waals surface area contributed by atoms with Crippen LogP contribution < -0.4 is 4.74 Å². The van der Waals surface area contributed by atoms with E-state index in [1.54, 1.807) is 37.6 Å². The van der Waals surface area contributed by atoms with Gasteiger partial charge in [0.05, 0.1) is 13.5 Å². The van der Waals surface area contributed by atoms with E-state index < -0.39 is 0 Å². The van der Waals surface area contributed by atoms with E-state index in [1.807, 2.05) is 17.7 Å². The first-order chi connectivity index (χ1) is 8.74. The summed E-state index contributed by atoms with van der Waals surface area (Å²) in [7, 11) is 1.61. The Balaban J connectivity index is 2.11. The summed E-state index contributed by atoms with van der Waals surface area (Å²) < 4.78 is 7.04. The van der Waals surface area contributed by atoms with Crippen LogP contribution in [0, 0.1) is 0 Å². The van der Waals surface area contributed by atoms with Crippen LogP contribution in [-0.2, 0) is 13.0 Å². The van der Waals surface area contributed by atoms with Gasteiger partial charge in [-0.2, -0.15) is 0 Å². The molecule has 1 aromatic heterocycles. The van der Waals surface area contributed by atoms with Crippen molar-refractivity contribution in [3.8, 4) is 5.75 Å². The number of hydrogen-bond acceptors (Lipinski definition) is 3. The van der Waals surface area contributed by atoms with E-state index in [0.29, 0.717) is 12.0 Å². The van der Waals surface area contributed by atoms with E-state index in [1.165, 1.54) is 0 Å². The van der Waals surface area contributed by atoms with Crippen LogP contribution in [0.5, 0.6) is 5.75 Å². The van der Waals surface area contributed by atoms with Gasteiger partial charge in [-0.05, 0) is 31.2 Å². The Kier molecular flexibility index (Phi) is 3.77. The lowest BCUT2D eigenvalue weighted by Gasteiger charge is -2.05. The summed E-state index contributed by atoms with van der Waals surface area (Å²) in [5, 5.41) is 0. The fourth-order valence-corrected chi connectivity index (χ4v) is 1.82. The van der Waals surface area contributed by atoms with Crippen molar-refractivity contribution in [3.05, 3.63) is 48.0 Å². The number of carbonyl (C=O) groups is 1. The Bertz CT molecular complexity index is 529. The van der Waals surface area contributed by atoms with Crippen molar-refractivity contribution < 1.29 is 9.53 Å². The summed E-state index contributed by atoms with van der Waals surface area (Å²) in [5.74, 6) is 1.62. The van der Waals surface area contributed by atoms with Crippen molar-refractivity contribution >= 4 is 5.78 Å². The van der Waals surface area contributed by atoms with Gasteiger partial charge in [0.15, 0.2) is 5.78 Å². The number of aromatic nitrogens is 2. The van der Waals surface area contributed by atoms with Crippen LogP contribution in [0.1, 0.15) is 23.1 Å². The maximum absolute atomic E-state index is 12.1. The monoisotopic (exact) mass is 244 g/mol. The van der Waals surface area contributed by atoms with Gasteiger partial charge in [-0.25, -0.2) is 4.98 Å². The van der Waals surface area contributed by atoms with Gasteiger partial charge >= 0.3 is 0 Å². The number of Topliss-reactive ketones (excluding diaryl/α,β-unsaturated/α-hetero) is 1. The number of ether oxygens (including phenoxy) is 1. The summed E-state index contributed by atoms with van der Waals surface area (Å²) >= 11 is 0. The summed E-state index contributed by atoms with van der Waals surface area (Å²) in [6, 6.07) is 7.14. The van der Waals surface area contributed by atoms with Crippen LogP contribution in [-0.4, -0.2) is 22.4 Å². The predicted molar refractivity (Wildman–Crippen MR) is 68.9 cm³/mol. The molecule has 2 aromatic rings. The lowest BCUT2D eigenvalue weighted by molar-refractivity contribution is 0.0989. The third-order valence-corrected chi connectivity index (χ3v) is 2.87. The molecule has 4 heteroatoms. The van der Waals surface area contributed by atoms with Crippen molar-refractivity contribution in [2.75, 3.05) is 7.11 Å². The first-order valence-corrected chi connectivity index (χ1v) is 5.92. The number of imidazole rings is 1. The van der Waals surface area contributed by atoms with Crippen LogP contribution in [0.2, 0.25) is 0 Å². The number of rotatable bonds is 5. The largest absolute Gasteiger partial charge is 0.497 e. The summed E-state index contributed by atoms with van der Waals surface area (Å²) in [5.41, 5.74) is 0.682. The van der Waals surface area contributed by atoms with Crippen LogP contribution in [0.15, 0.2) is 36.7 Å². The van der Waals surface area contributed by atoms with E-state index >= 15 is 0 Å². The Labute approximate surface area is 106 Å². The molecule has 0 spiro atoms. The van der Waals surface area contributed by atoms with E-state index in [2.05, 4.69) is 4.98 Å². The molecule has 0 bridgehead atoms. The van der Waals surface area contributed by atoms with Crippen molar-refractivity contribution in [1.82, 2.24) is 9.55 Å². The van der Waals surface area contributed by atoms with E-state index in [4.69, 9.17) is 4.74 Å². The van der Waals surface area contributed by atoms with Gasteiger partial charge in [0.25, 0.3) is 0 Å². The normalized spacial score (nSPS) is 10.3. The second kappa shape index (κ2) is 5.49. The molecule has 0 saturated carbocycles. The number of hydrogen-bond donors (Lipinski definition) is 0. The molecule has 0 unspecified atom stereocenters. The molecule has 0 saturated heterocycles. The molecule has 0 amide bonds. The van der Waals surface area contributed by atoms with E-state index in [9.17, 15) is 4.79 Å². The maximum atomic E-state index is 12.1. The lowest BCUT2D eigenvalue weighted by Crippen LogP contribution is -2.09. The molecular weight excluding hydrogens is 228 g/mol. The van der Waals surface area contributed by atoms with Gasteiger partial charge in [-0.15, -0.1) is 0 Å². The van der Waals surface area contributed by atoms with Crippen molar-refractivity contribution in [1.29, 1.82) is 0 Å². The van der Waals surface area contributed by atoms with Crippen LogP contribution in [0.3, 0.4) is 0 Å². The fraction of sp³-hybridized carbons (Fsp3) is 0.286. The Morgan fingerprint density at radius 2 is 2.06 bits per heavy atom. The van der Waals surface area contributed by atoms with Gasteiger partial charge in [-0.1, -0.05) is 0 Å². The van der Waals surface area contributed by atoms with Gasteiger partial charge in [-0.3, -0.25) is 4.79 Å². The number of methoxy groups -OCH3 is 1. The highest BCUT2D eigenvalue weighted by Gasteiger charge is 2.10. The molecule has 4 nitrogen and oxygen atoms in total. The van der Waals surface area contributed by atoms with E-state index in [-0.39, 0.29) is 5.78 Å². The Hall–Kier alpha value is -2.10. The third kappa shape index (κ3) is 2.59. The zero-order valence-electron chi connectivity index (χ0n) is 10.6. The molecule has 2 rings (SSSR count). The number of nitrogens with zero attached hydrogens (tertiary/aromatic N) is 2. The predicted octanol–water partition coefficient (Wildman–Crippen LogP) is 2.34. The van der Waals surface area contributed by atoms with Crippen molar-refractivity contribution in [3.63, 3.8) is 0 Å². The highest BCUT2D eigenvalue weighted by Crippen LogP contribution is 2.13. The molecule has 1 aromatic carbocycles. The first-order valence-electron chi connectivity index (χ1n) is 5.92. The van der Waals surface area contributed by atoms with Crippen LogP contribution in [0.4, 0.5) is 0 Å². The average Bonchev–Trinajstić information content (AvgIpc) is 2.86. The van der Waals surface area contributed by atoms with Gasteiger partial charge < -0.3 is 9.30 Å². The molecule has 0 fully saturated rings. The second-order valence-corrected chi connectivity index (χ2v) is 3.96. The molecule has 0 atom stereocenters. The minimum absolute atomic E-state index is 0.0681. The average molecular weight is 244 g/mol. The highest BCUT2D eigenvalue weighted by atomic mass is 16.5. The van der Waals surface area contributed by atoms with Gasteiger partial charge in [0.2, 0.25) is 0 Å². The topological polar surface area (TPSA) is 44.1 Å². The van der Waals surface area contributed by atoms with Crippen molar-refractivity contribution in [2.24, 2.45) is 0 Å². The molecular formula is C14H16N2O2. The van der Waals surface area contributed by atoms with Crippen LogP contribution >= 0.6 is 0 Å². The Morgan fingerprint density at radius 1 is 1.33 bits per heavy atom. The molecule has 18 heavy (non-hydrogen) atoms. The van der Waals surface area contributed by atoms with Crippen LogP contribution in [0.25, 0.3) is 0 Å². The smallest absolute Gasteiger partial charge is 0.170 e. The molecule has 0 aliphatic heterocycles. The number of benzene rings is 1. The minimum Gasteiger partial charge on any atom is -0.497 e. The summed E-state index contributed by atoms with van der Waals surface area (Å²) in [6.07, 6.45) is 3.93. The second-order valence-electron chi connectivity index (χ2n) is 3.96. The molecule has 0 aliphatic carbocycles. The molecule has 1 heterocycles. The third-order valence-electron chi connectivity index (χ3n) is 2.87. The molecule has 0 N–H and O–H groups in total. The number of ketones is 1. The lowest BCUT2D eigenvalue weighted by atomic mass is 10.1. The molecule has 0 aliphatic rings. The molecule has 0 radical (unpaired) electrons. The van der Waals surface area contributed by atoms with Gasteiger partial charge in [0.1, 0.15) is 11.6 Å². The zero-order chi connectivity index (χ0) is 13.0. The standard InChI is InChI=1S/C14H16N2O2/c1-3-16-9-8-15-14(16)10-13(17)11-4-6-12(18-2)7-5-11/h4-9H,3,10H2,1-2H3. The summed E-state index contributed by atoms with van der Waals surface area (Å²) in [4.78, 5) is 16.3. The zero-order valence-corrected chi connectivity index (χ0v) is 10.6. The highest BCUT2D eigenvalue weighted by molar-refractivity contribution is 5.97. The SMILES string of the molecule is CCn1ccnc1CC(=O)c1ccc(OC)cc1. The Morgan fingerprint density at radius 3 is 2.67 bits per heavy atom. The van der Waals surface area contributed by atoms with Gasteiger partial charge in [0, 0.05) is 24.5 Å². The fourth-order valence-electron chi connectivity index (χ4n) is 1.82.